The molecule has 3 aromatic carbocycles. The number of anilines is 2. The number of fused-ring (bicyclic) bond motifs is 1. The Hall–Kier alpha value is -6.25. The Morgan fingerprint density at radius 1 is 0.860 bits per heavy atom. The number of imide groups is 1. The van der Waals surface area contributed by atoms with Crippen LogP contribution in [0.5, 0.6) is 5.75 Å². The topological polar surface area (TPSA) is 189 Å². The molecule has 1 unspecified atom stereocenters. The van der Waals surface area contributed by atoms with Crippen LogP contribution in [0.15, 0.2) is 79.0 Å². The van der Waals surface area contributed by atoms with Crippen molar-refractivity contribution < 1.29 is 43.0 Å². The number of nitrogens with zero attached hydrogens (tertiary/aromatic N) is 3. The second-order valence-corrected chi connectivity index (χ2v) is 15.2. The Morgan fingerprint density at radius 3 is 2.18 bits per heavy atom. The van der Waals surface area contributed by atoms with Crippen LogP contribution in [-0.2, 0) is 30.3 Å². The minimum absolute atomic E-state index is 0.00206. The Balaban J connectivity index is 1.60. The highest BCUT2D eigenvalue weighted by Crippen LogP contribution is 2.31. The van der Waals surface area contributed by atoms with Gasteiger partial charge in [-0.2, -0.15) is 4.90 Å². The summed E-state index contributed by atoms with van der Waals surface area (Å²) in [7, 11) is 0. The number of esters is 1. The van der Waals surface area contributed by atoms with Gasteiger partial charge in [-0.3, -0.25) is 19.7 Å². The lowest BCUT2D eigenvalue weighted by molar-refractivity contribution is -0.384. The average Bonchev–Trinajstić information content (AvgIpc) is 3.14. The first kappa shape index (κ1) is 43.5. The first-order valence-corrected chi connectivity index (χ1v) is 18.7. The molecule has 1 atom stereocenters. The number of pyridine rings is 1. The third-order valence-corrected chi connectivity index (χ3v) is 8.04. The maximum absolute atomic E-state index is 13.9. The third-order valence-electron chi connectivity index (χ3n) is 8.04. The van der Waals surface area contributed by atoms with Gasteiger partial charge in [-0.25, -0.2) is 14.6 Å². The van der Waals surface area contributed by atoms with Crippen LogP contribution in [0.1, 0.15) is 91.3 Å². The third kappa shape index (κ3) is 13.5. The first-order valence-electron chi connectivity index (χ1n) is 18.7. The van der Waals surface area contributed by atoms with Gasteiger partial charge in [0, 0.05) is 42.4 Å². The highest BCUT2D eigenvalue weighted by molar-refractivity contribution is 6.14. The van der Waals surface area contributed by atoms with Crippen LogP contribution in [0.4, 0.5) is 26.8 Å². The van der Waals surface area contributed by atoms with E-state index in [4.69, 9.17) is 18.9 Å². The number of nitro groups is 1. The molecule has 2 N–H and O–H groups in total. The van der Waals surface area contributed by atoms with Crippen LogP contribution in [0.2, 0.25) is 0 Å². The van der Waals surface area contributed by atoms with Crippen molar-refractivity contribution in [1.29, 1.82) is 0 Å². The lowest BCUT2D eigenvalue weighted by Gasteiger charge is -2.28. The largest absolute Gasteiger partial charge is 0.494 e. The van der Waals surface area contributed by atoms with E-state index >= 15 is 0 Å². The van der Waals surface area contributed by atoms with Gasteiger partial charge in [-0.15, -0.1) is 0 Å². The van der Waals surface area contributed by atoms with Gasteiger partial charge in [0.2, 0.25) is 5.91 Å². The molecule has 0 bridgehead atoms. The molecule has 57 heavy (non-hydrogen) atoms. The first-order chi connectivity index (χ1) is 26.9. The van der Waals surface area contributed by atoms with Crippen LogP contribution < -0.4 is 20.3 Å². The van der Waals surface area contributed by atoms with E-state index in [1.54, 1.807) is 102 Å². The van der Waals surface area contributed by atoms with E-state index in [0.29, 0.717) is 53.0 Å². The van der Waals surface area contributed by atoms with Gasteiger partial charge >= 0.3 is 18.2 Å². The molecule has 4 aromatic rings. The average molecular weight is 786 g/mol. The summed E-state index contributed by atoms with van der Waals surface area (Å²) in [4.78, 5) is 68.6. The number of unbranched alkanes of at least 4 members (excludes halogenated alkanes) is 1. The Bertz CT molecular complexity index is 2010. The summed E-state index contributed by atoms with van der Waals surface area (Å²) < 4.78 is 22.1. The number of ether oxygens (including phenoxy) is 4. The summed E-state index contributed by atoms with van der Waals surface area (Å²) in [6, 6.07) is 18.8. The second kappa shape index (κ2) is 19.6. The predicted molar refractivity (Wildman–Crippen MR) is 215 cm³/mol. The monoisotopic (exact) mass is 785 g/mol. The van der Waals surface area contributed by atoms with Crippen molar-refractivity contribution in [3.63, 3.8) is 0 Å². The van der Waals surface area contributed by atoms with E-state index in [1.807, 2.05) is 6.92 Å². The number of carbonyl (C=O) groups is 4. The summed E-state index contributed by atoms with van der Waals surface area (Å²) >= 11 is 0. The number of hydrogen-bond donors (Lipinski definition) is 2. The molecule has 304 valence electrons. The fraction of sp³-hybridized carbons (Fsp3) is 0.405. The fourth-order valence-electron chi connectivity index (χ4n) is 5.40. The molecule has 0 radical (unpaired) electrons. The van der Waals surface area contributed by atoms with Gasteiger partial charge in [-0.05, 0) is 107 Å². The van der Waals surface area contributed by atoms with Gasteiger partial charge in [0.25, 0.3) is 5.69 Å². The van der Waals surface area contributed by atoms with Crippen molar-refractivity contribution in [1.82, 2.24) is 10.3 Å². The summed E-state index contributed by atoms with van der Waals surface area (Å²) in [5, 5.41) is 18.5. The zero-order valence-corrected chi connectivity index (χ0v) is 33.5. The molecule has 3 amide bonds. The van der Waals surface area contributed by atoms with E-state index in [2.05, 4.69) is 15.6 Å². The van der Waals surface area contributed by atoms with Crippen molar-refractivity contribution in [3.8, 4) is 5.75 Å². The fourth-order valence-corrected chi connectivity index (χ4v) is 5.40. The van der Waals surface area contributed by atoms with Crippen LogP contribution in [0.3, 0.4) is 0 Å². The maximum Gasteiger partial charge on any atom is 0.425 e. The molecule has 0 saturated heterocycles. The van der Waals surface area contributed by atoms with E-state index in [9.17, 15) is 29.3 Å². The van der Waals surface area contributed by atoms with Crippen LogP contribution in [-0.4, -0.2) is 58.4 Å². The minimum atomic E-state index is -0.961. The normalized spacial score (nSPS) is 11.9. The van der Waals surface area contributed by atoms with Crippen LogP contribution in [0, 0.1) is 10.1 Å². The van der Waals surface area contributed by atoms with Gasteiger partial charge in [0.05, 0.1) is 18.1 Å². The summed E-state index contributed by atoms with van der Waals surface area (Å²) in [6.45, 7) is 12.8. The molecule has 15 heteroatoms. The molecule has 15 nitrogen and oxygen atoms in total. The molecular weight excluding hydrogens is 734 g/mol. The molecule has 1 heterocycles. The lowest BCUT2D eigenvalue weighted by atomic mass is 10.0. The number of hydrogen-bond acceptors (Lipinski definition) is 12. The maximum atomic E-state index is 13.9. The summed E-state index contributed by atoms with van der Waals surface area (Å²) in [5.41, 5.74) is -0.297. The molecular formula is C42H51N5O10. The van der Waals surface area contributed by atoms with Crippen LogP contribution in [0.25, 0.3) is 10.8 Å². The number of carbonyl (C=O) groups excluding carboxylic acids is 4. The van der Waals surface area contributed by atoms with Crippen molar-refractivity contribution in [2.45, 2.75) is 97.9 Å². The van der Waals surface area contributed by atoms with E-state index < -0.39 is 40.3 Å². The quantitative estimate of drug-likeness (QED) is 0.0362. The molecule has 4 rings (SSSR count). The van der Waals surface area contributed by atoms with Gasteiger partial charge in [0.1, 0.15) is 23.0 Å². The minimum Gasteiger partial charge on any atom is -0.494 e. The number of non-ortho nitro benzene ring substituents is 1. The lowest BCUT2D eigenvalue weighted by Crippen LogP contribution is -2.44. The molecule has 0 aliphatic carbocycles. The van der Waals surface area contributed by atoms with Crippen molar-refractivity contribution in [2.24, 2.45) is 0 Å². The SMILES string of the molecule is CCCCOC(=O)CCCOc1ccc(C(Nc2ccc3c(N(C(=O)OC(C)(C)C)C(=O)OC(C)(C)C)nccc3c2)C(=O)NCc2cccc([N+](=O)[O-])c2)cc1. The van der Waals surface area contributed by atoms with Crippen molar-refractivity contribution in [2.75, 3.05) is 23.4 Å². The van der Waals surface area contributed by atoms with E-state index in [-0.39, 0.29) is 30.4 Å². The Kier molecular flexibility index (Phi) is 14.9. The number of nitro benzene ring substituents is 1. The number of aromatic nitrogens is 1. The molecule has 0 fully saturated rings. The van der Waals surface area contributed by atoms with Gasteiger partial charge in [-0.1, -0.05) is 37.6 Å². The Morgan fingerprint density at radius 2 is 1.54 bits per heavy atom. The van der Waals surface area contributed by atoms with Crippen molar-refractivity contribution in [3.05, 3.63) is 100 Å². The van der Waals surface area contributed by atoms with Gasteiger partial charge in [0.15, 0.2) is 5.82 Å². The smallest absolute Gasteiger partial charge is 0.425 e. The van der Waals surface area contributed by atoms with Gasteiger partial charge < -0.3 is 29.6 Å². The highest BCUT2D eigenvalue weighted by Gasteiger charge is 2.34. The van der Waals surface area contributed by atoms with Crippen LogP contribution >= 0.6 is 0 Å². The number of rotatable bonds is 16. The second-order valence-electron chi connectivity index (χ2n) is 15.2. The zero-order chi connectivity index (χ0) is 41.8. The van der Waals surface area contributed by atoms with Crippen molar-refractivity contribution >= 4 is 52.0 Å². The predicted octanol–water partition coefficient (Wildman–Crippen LogP) is 8.79. The zero-order valence-electron chi connectivity index (χ0n) is 33.5. The molecule has 0 spiro atoms. The highest BCUT2D eigenvalue weighted by atomic mass is 16.6. The summed E-state index contributed by atoms with van der Waals surface area (Å²) in [6.07, 6.45) is 2.00. The van der Waals surface area contributed by atoms with E-state index in [1.165, 1.54) is 18.3 Å². The molecule has 1 aromatic heterocycles. The standard InChI is InChI=1S/C42H51N5O10/c1-8-9-23-55-35(48)14-11-24-54-33-18-15-29(16-19-33)36(38(49)44-27-28-12-10-13-32(25-28)47(52)53)45-31-17-20-34-30(26-31)21-22-43-37(34)46(39(50)56-41(2,3)4)40(51)57-42(5,6)7/h10,12-13,15-22,25-26,36,45H,8-9,11,14,23-24,27H2,1-7H3,(H,44,49). The number of nitrogens with one attached hydrogen (secondary N) is 2. The van der Waals surface area contributed by atoms with E-state index in [0.717, 1.165) is 17.7 Å². The number of amides is 3. The molecule has 0 saturated carbocycles. The molecule has 0 aliphatic heterocycles. The Labute approximate surface area is 332 Å². The number of benzene rings is 3. The molecule has 0 aliphatic rings. The summed E-state index contributed by atoms with van der Waals surface area (Å²) in [5.74, 6) is -0.151.